The summed E-state index contributed by atoms with van der Waals surface area (Å²) >= 11 is 6.44. The van der Waals surface area contributed by atoms with Crippen LogP contribution in [0.3, 0.4) is 0 Å². The van der Waals surface area contributed by atoms with Gasteiger partial charge < -0.3 is 5.32 Å². The quantitative estimate of drug-likeness (QED) is 0.382. The number of alkyl halides is 2. The Bertz CT molecular complexity index is 1590. The normalized spacial score (nSPS) is 18.6. The summed E-state index contributed by atoms with van der Waals surface area (Å²) in [6.07, 6.45) is -0.101. The standard InChI is InChI=1S/C29H22ClF4N5O3/c30-22-4-2-1-3-21(22)26(27(41)37-19-13-29(33,34)14-19)38(20-11-17(31)10-18(32)12-20)28(42)23-5-6-25(40)39(23)24-9-16(15-35)7-8-36-24/h1-4,7-12,19,23,26H,5-6,13-14H2,(H,37,41)/t23-,26-/m0/s1. The molecule has 1 N–H and O–H groups in total. The van der Waals surface area contributed by atoms with Gasteiger partial charge in [-0.05, 0) is 36.8 Å². The average molecular weight is 600 g/mol. The fourth-order valence-corrected chi connectivity index (χ4v) is 5.44. The second-order valence-electron chi connectivity index (χ2n) is 10.1. The van der Waals surface area contributed by atoms with Crippen molar-refractivity contribution in [2.45, 2.75) is 49.7 Å². The van der Waals surface area contributed by atoms with Crippen molar-refractivity contribution in [2.75, 3.05) is 9.80 Å². The Morgan fingerprint density at radius 3 is 2.45 bits per heavy atom. The Morgan fingerprint density at radius 2 is 1.81 bits per heavy atom. The molecule has 1 saturated carbocycles. The molecule has 0 spiro atoms. The number of pyridine rings is 1. The Labute approximate surface area is 242 Å². The minimum absolute atomic E-state index is 0.00397. The summed E-state index contributed by atoms with van der Waals surface area (Å²) in [7, 11) is 0. The van der Waals surface area contributed by atoms with Gasteiger partial charge in [-0.25, -0.2) is 22.5 Å². The SMILES string of the molecule is N#Cc1ccnc(N2C(=O)CC[C@H]2C(=O)N(c2cc(F)cc(F)c2)[C@H](C(=O)NC2CC(F)(F)C2)c2ccccc2Cl)c1. The molecule has 42 heavy (non-hydrogen) atoms. The van der Waals surface area contributed by atoms with Crippen LogP contribution in [0.1, 0.15) is 42.9 Å². The zero-order valence-corrected chi connectivity index (χ0v) is 22.5. The molecule has 1 aliphatic heterocycles. The molecule has 2 atom stereocenters. The number of hydrogen-bond acceptors (Lipinski definition) is 5. The highest BCUT2D eigenvalue weighted by Gasteiger charge is 2.48. The summed E-state index contributed by atoms with van der Waals surface area (Å²) < 4.78 is 56.2. The topological polar surface area (TPSA) is 106 Å². The third-order valence-corrected chi connectivity index (χ3v) is 7.47. The van der Waals surface area contributed by atoms with Gasteiger partial charge in [-0.15, -0.1) is 0 Å². The third kappa shape index (κ3) is 5.78. The molecule has 0 bridgehead atoms. The summed E-state index contributed by atoms with van der Waals surface area (Å²) in [4.78, 5) is 47.2. The lowest BCUT2D eigenvalue weighted by Crippen LogP contribution is -2.56. The predicted molar refractivity (Wildman–Crippen MR) is 144 cm³/mol. The molecule has 8 nitrogen and oxygen atoms in total. The van der Waals surface area contributed by atoms with Gasteiger partial charge >= 0.3 is 0 Å². The average Bonchev–Trinajstić information content (AvgIpc) is 3.31. The number of benzene rings is 2. The highest BCUT2D eigenvalue weighted by molar-refractivity contribution is 6.31. The fourth-order valence-electron chi connectivity index (χ4n) is 5.20. The highest BCUT2D eigenvalue weighted by Crippen LogP contribution is 2.40. The van der Waals surface area contributed by atoms with E-state index in [1.165, 1.54) is 36.5 Å². The van der Waals surface area contributed by atoms with E-state index in [1.54, 1.807) is 6.07 Å². The molecule has 2 aromatic carbocycles. The maximum atomic E-state index is 14.5. The van der Waals surface area contributed by atoms with E-state index in [1.807, 2.05) is 6.07 Å². The molecule has 2 aliphatic rings. The minimum Gasteiger partial charge on any atom is -0.351 e. The molecule has 0 unspecified atom stereocenters. The van der Waals surface area contributed by atoms with Crippen molar-refractivity contribution in [3.05, 3.63) is 88.6 Å². The number of carbonyl (C=O) groups is 3. The van der Waals surface area contributed by atoms with Crippen molar-refractivity contribution in [3.8, 4) is 6.07 Å². The van der Waals surface area contributed by atoms with Crippen molar-refractivity contribution in [3.63, 3.8) is 0 Å². The van der Waals surface area contributed by atoms with Crippen LogP contribution >= 0.6 is 11.6 Å². The molecule has 2 fully saturated rings. The van der Waals surface area contributed by atoms with E-state index in [0.717, 1.165) is 21.9 Å². The van der Waals surface area contributed by atoms with E-state index in [4.69, 9.17) is 11.6 Å². The second-order valence-corrected chi connectivity index (χ2v) is 10.5. The van der Waals surface area contributed by atoms with E-state index in [2.05, 4.69) is 10.3 Å². The Morgan fingerprint density at radius 1 is 1.12 bits per heavy atom. The summed E-state index contributed by atoms with van der Waals surface area (Å²) in [5, 5.41) is 11.8. The first-order valence-corrected chi connectivity index (χ1v) is 13.3. The van der Waals surface area contributed by atoms with E-state index >= 15 is 0 Å². The number of nitrogens with zero attached hydrogens (tertiary/aromatic N) is 4. The lowest BCUT2D eigenvalue weighted by Gasteiger charge is -2.39. The first-order valence-electron chi connectivity index (χ1n) is 12.9. The van der Waals surface area contributed by atoms with Gasteiger partial charge in [-0.1, -0.05) is 29.8 Å². The van der Waals surface area contributed by atoms with Crippen molar-refractivity contribution >= 4 is 40.8 Å². The van der Waals surface area contributed by atoms with Gasteiger partial charge in [0.1, 0.15) is 29.5 Å². The maximum absolute atomic E-state index is 14.5. The number of nitriles is 1. The Hall–Kier alpha value is -4.50. The number of rotatable bonds is 7. The fraction of sp³-hybridized carbons (Fsp3) is 0.276. The van der Waals surface area contributed by atoms with Crippen LogP contribution in [-0.2, 0) is 14.4 Å². The van der Waals surface area contributed by atoms with Crippen LogP contribution in [0.15, 0.2) is 60.8 Å². The predicted octanol–water partition coefficient (Wildman–Crippen LogP) is 5.07. The second kappa shape index (κ2) is 11.4. The first kappa shape index (κ1) is 29.0. The number of halogens is 5. The van der Waals surface area contributed by atoms with Crippen LogP contribution in [0.5, 0.6) is 0 Å². The minimum atomic E-state index is -2.96. The molecular weight excluding hydrogens is 578 g/mol. The smallest absolute Gasteiger partial charge is 0.252 e. The summed E-state index contributed by atoms with van der Waals surface area (Å²) in [6.45, 7) is 0. The van der Waals surface area contributed by atoms with Crippen LogP contribution in [0.4, 0.5) is 29.1 Å². The Balaban J connectivity index is 1.63. The van der Waals surface area contributed by atoms with Crippen molar-refractivity contribution in [1.82, 2.24) is 10.3 Å². The molecule has 216 valence electrons. The molecule has 1 aromatic heterocycles. The van der Waals surface area contributed by atoms with Crippen LogP contribution in [-0.4, -0.2) is 40.7 Å². The van der Waals surface area contributed by atoms with Crippen molar-refractivity contribution in [2.24, 2.45) is 0 Å². The van der Waals surface area contributed by atoms with Crippen LogP contribution in [0.2, 0.25) is 5.02 Å². The van der Waals surface area contributed by atoms with E-state index < -0.39 is 66.2 Å². The van der Waals surface area contributed by atoms with E-state index in [9.17, 15) is 37.2 Å². The lowest BCUT2D eigenvalue weighted by atomic mass is 9.87. The number of amides is 3. The lowest BCUT2D eigenvalue weighted by molar-refractivity contribution is -0.133. The summed E-state index contributed by atoms with van der Waals surface area (Å²) in [6, 6.07) is 8.97. The van der Waals surface area contributed by atoms with Gasteiger partial charge in [-0.3, -0.25) is 24.2 Å². The first-order chi connectivity index (χ1) is 20.0. The van der Waals surface area contributed by atoms with E-state index in [-0.39, 0.29) is 40.5 Å². The van der Waals surface area contributed by atoms with Crippen LogP contribution in [0.25, 0.3) is 0 Å². The van der Waals surface area contributed by atoms with Crippen LogP contribution < -0.4 is 15.1 Å². The molecule has 3 amide bonds. The van der Waals surface area contributed by atoms with Gasteiger partial charge in [0.2, 0.25) is 11.8 Å². The largest absolute Gasteiger partial charge is 0.351 e. The highest BCUT2D eigenvalue weighted by atomic mass is 35.5. The summed E-state index contributed by atoms with van der Waals surface area (Å²) in [5.74, 6) is -7.40. The third-order valence-electron chi connectivity index (χ3n) is 7.12. The molecule has 0 radical (unpaired) electrons. The molecule has 3 aromatic rings. The molecule has 13 heteroatoms. The number of carbonyl (C=O) groups excluding carboxylic acids is 3. The van der Waals surface area contributed by atoms with Crippen molar-refractivity contribution < 1.29 is 31.9 Å². The van der Waals surface area contributed by atoms with Gasteiger partial charge in [0.05, 0.1) is 17.3 Å². The van der Waals surface area contributed by atoms with E-state index in [0.29, 0.717) is 6.07 Å². The molecule has 1 saturated heterocycles. The van der Waals surface area contributed by atoms with Crippen molar-refractivity contribution in [1.29, 1.82) is 5.26 Å². The molecule has 1 aliphatic carbocycles. The molecule has 5 rings (SSSR count). The Kier molecular flexibility index (Phi) is 7.88. The van der Waals surface area contributed by atoms with Gasteiger partial charge in [-0.2, -0.15) is 5.26 Å². The zero-order chi connectivity index (χ0) is 30.2. The number of nitrogens with one attached hydrogen (secondary N) is 1. The van der Waals surface area contributed by atoms with Crippen LogP contribution in [0, 0.1) is 23.0 Å². The summed E-state index contributed by atoms with van der Waals surface area (Å²) in [5.41, 5.74) is -0.142. The number of anilines is 2. The van der Waals surface area contributed by atoms with Gasteiger partial charge in [0.25, 0.3) is 11.8 Å². The van der Waals surface area contributed by atoms with Gasteiger partial charge in [0.15, 0.2) is 0 Å². The number of hydrogen-bond donors (Lipinski definition) is 1. The molecule has 2 heterocycles. The number of aromatic nitrogens is 1. The zero-order valence-electron chi connectivity index (χ0n) is 21.7. The monoisotopic (exact) mass is 599 g/mol. The molecular formula is C29H22ClF4N5O3. The van der Waals surface area contributed by atoms with Gasteiger partial charge in [0, 0.05) is 48.2 Å². The maximum Gasteiger partial charge on any atom is 0.252 e.